The first-order chi connectivity index (χ1) is 11.1. The second-order valence-corrected chi connectivity index (χ2v) is 5.98. The maximum atomic E-state index is 12.4. The highest BCUT2D eigenvalue weighted by molar-refractivity contribution is 6.31. The van der Waals surface area contributed by atoms with Crippen LogP contribution in [0.5, 0.6) is 0 Å². The first-order valence-corrected chi connectivity index (χ1v) is 7.97. The predicted octanol–water partition coefficient (Wildman–Crippen LogP) is 3.83. The highest BCUT2D eigenvalue weighted by Crippen LogP contribution is 2.17. The number of hydrogen-bond acceptors (Lipinski definition) is 2. The molecule has 4 nitrogen and oxygen atoms in total. The summed E-state index contributed by atoms with van der Waals surface area (Å²) < 4.78 is 0. The van der Waals surface area contributed by atoms with Gasteiger partial charge >= 0.3 is 0 Å². The highest BCUT2D eigenvalue weighted by Gasteiger charge is 2.20. The number of hydrogen-bond donors (Lipinski definition) is 1. The number of carbonyl (C=O) groups is 2. The van der Waals surface area contributed by atoms with Gasteiger partial charge in [0.05, 0.1) is 0 Å². The van der Waals surface area contributed by atoms with Crippen molar-refractivity contribution in [2.45, 2.75) is 12.8 Å². The standard InChI is InChI=1S/C18H17ClN2O2/c19-15-7-4-8-16(12-15)20-17(22)13-5-3-6-14(11-13)18(23)21-9-1-2-10-21/h3-8,11-12H,1-2,9-10H2,(H,20,22). The van der Waals surface area contributed by atoms with E-state index < -0.39 is 0 Å². The summed E-state index contributed by atoms with van der Waals surface area (Å²) in [5.74, 6) is -0.275. The molecule has 1 aliphatic heterocycles. The average molecular weight is 329 g/mol. The molecule has 2 amide bonds. The lowest BCUT2D eigenvalue weighted by molar-refractivity contribution is 0.0793. The van der Waals surface area contributed by atoms with E-state index in [0.29, 0.717) is 21.8 Å². The molecule has 2 aromatic rings. The number of likely N-dealkylation sites (tertiary alicyclic amines) is 1. The van der Waals surface area contributed by atoms with E-state index >= 15 is 0 Å². The van der Waals surface area contributed by atoms with Crippen LogP contribution in [0.2, 0.25) is 5.02 Å². The van der Waals surface area contributed by atoms with E-state index in [1.807, 2.05) is 4.90 Å². The summed E-state index contributed by atoms with van der Waals surface area (Å²) in [5.41, 5.74) is 1.62. The average Bonchev–Trinajstić information content (AvgIpc) is 3.09. The van der Waals surface area contributed by atoms with E-state index in [2.05, 4.69) is 5.32 Å². The molecule has 0 spiro atoms. The summed E-state index contributed by atoms with van der Waals surface area (Å²) in [6, 6.07) is 13.8. The van der Waals surface area contributed by atoms with Crippen LogP contribution in [0.25, 0.3) is 0 Å². The monoisotopic (exact) mass is 328 g/mol. The molecule has 2 aromatic carbocycles. The minimum atomic E-state index is -0.261. The molecule has 1 fully saturated rings. The quantitative estimate of drug-likeness (QED) is 0.931. The zero-order valence-electron chi connectivity index (χ0n) is 12.6. The van der Waals surface area contributed by atoms with Crippen LogP contribution in [0.4, 0.5) is 5.69 Å². The third-order valence-corrected chi connectivity index (χ3v) is 4.08. The lowest BCUT2D eigenvalue weighted by Crippen LogP contribution is -2.27. The van der Waals surface area contributed by atoms with Crippen LogP contribution >= 0.6 is 11.6 Å². The Kier molecular flexibility index (Phi) is 4.63. The summed E-state index contributed by atoms with van der Waals surface area (Å²) in [7, 11) is 0. The largest absolute Gasteiger partial charge is 0.339 e. The molecule has 0 radical (unpaired) electrons. The number of amides is 2. The molecule has 0 saturated carbocycles. The van der Waals surface area contributed by atoms with Crippen molar-refractivity contribution in [1.29, 1.82) is 0 Å². The van der Waals surface area contributed by atoms with E-state index in [9.17, 15) is 9.59 Å². The molecule has 0 aromatic heterocycles. The Morgan fingerprint density at radius 1 is 0.957 bits per heavy atom. The third-order valence-electron chi connectivity index (χ3n) is 3.85. The Morgan fingerprint density at radius 2 is 1.65 bits per heavy atom. The van der Waals surface area contributed by atoms with Crippen molar-refractivity contribution >= 4 is 29.1 Å². The Balaban J connectivity index is 1.76. The summed E-state index contributed by atoms with van der Waals surface area (Å²) >= 11 is 5.91. The lowest BCUT2D eigenvalue weighted by atomic mass is 10.1. The number of nitrogens with zero attached hydrogens (tertiary/aromatic N) is 1. The molecule has 0 aliphatic carbocycles. The van der Waals surface area contributed by atoms with Gasteiger partial charge in [0.25, 0.3) is 11.8 Å². The fourth-order valence-electron chi connectivity index (χ4n) is 2.67. The zero-order chi connectivity index (χ0) is 16.2. The van der Waals surface area contributed by atoms with Gasteiger partial charge in [-0.3, -0.25) is 9.59 Å². The van der Waals surface area contributed by atoms with Crippen LogP contribution < -0.4 is 5.32 Å². The van der Waals surface area contributed by atoms with Crippen molar-refractivity contribution in [3.8, 4) is 0 Å². The first-order valence-electron chi connectivity index (χ1n) is 7.60. The van der Waals surface area contributed by atoms with Gasteiger partial charge in [-0.1, -0.05) is 23.7 Å². The summed E-state index contributed by atoms with van der Waals surface area (Å²) in [4.78, 5) is 26.6. The van der Waals surface area contributed by atoms with E-state index in [4.69, 9.17) is 11.6 Å². The highest BCUT2D eigenvalue weighted by atomic mass is 35.5. The number of anilines is 1. The van der Waals surface area contributed by atoms with Crippen molar-refractivity contribution < 1.29 is 9.59 Å². The third kappa shape index (κ3) is 3.71. The number of benzene rings is 2. The maximum Gasteiger partial charge on any atom is 0.255 e. The Labute approximate surface area is 140 Å². The van der Waals surface area contributed by atoms with Crippen LogP contribution in [0, 0.1) is 0 Å². The first kappa shape index (κ1) is 15.6. The van der Waals surface area contributed by atoms with Gasteiger partial charge in [-0.05, 0) is 49.2 Å². The molecular weight excluding hydrogens is 312 g/mol. The van der Waals surface area contributed by atoms with E-state index in [1.165, 1.54) is 0 Å². The molecule has 23 heavy (non-hydrogen) atoms. The number of halogens is 1. The normalized spacial score (nSPS) is 13.9. The van der Waals surface area contributed by atoms with Crippen LogP contribution in [-0.4, -0.2) is 29.8 Å². The van der Waals surface area contributed by atoms with Gasteiger partial charge in [0.15, 0.2) is 0 Å². The summed E-state index contributed by atoms with van der Waals surface area (Å²) in [5, 5.41) is 3.34. The molecule has 0 bridgehead atoms. The van der Waals surface area contributed by atoms with Crippen molar-refractivity contribution in [2.24, 2.45) is 0 Å². The second kappa shape index (κ2) is 6.84. The molecule has 118 valence electrons. The Bertz CT molecular complexity index is 739. The fraction of sp³-hybridized carbons (Fsp3) is 0.222. The van der Waals surface area contributed by atoms with Crippen molar-refractivity contribution in [3.63, 3.8) is 0 Å². The fourth-order valence-corrected chi connectivity index (χ4v) is 2.86. The van der Waals surface area contributed by atoms with Crippen molar-refractivity contribution in [1.82, 2.24) is 4.90 Å². The Morgan fingerprint density at radius 3 is 2.39 bits per heavy atom. The SMILES string of the molecule is O=C(Nc1cccc(Cl)c1)c1cccc(C(=O)N2CCCC2)c1. The van der Waals surface area contributed by atoms with Crippen LogP contribution in [0.15, 0.2) is 48.5 Å². The van der Waals surface area contributed by atoms with E-state index in [1.54, 1.807) is 48.5 Å². The Hall–Kier alpha value is -2.33. The molecule has 3 rings (SSSR count). The molecule has 1 aliphatic rings. The van der Waals surface area contributed by atoms with Crippen LogP contribution in [-0.2, 0) is 0 Å². The van der Waals surface area contributed by atoms with Crippen LogP contribution in [0.3, 0.4) is 0 Å². The van der Waals surface area contributed by atoms with E-state index in [-0.39, 0.29) is 11.8 Å². The van der Waals surface area contributed by atoms with Gasteiger partial charge in [-0.25, -0.2) is 0 Å². The van der Waals surface area contributed by atoms with Crippen molar-refractivity contribution in [3.05, 3.63) is 64.7 Å². The van der Waals surface area contributed by atoms with Gasteiger partial charge in [-0.15, -0.1) is 0 Å². The van der Waals surface area contributed by atoms with Gasteiger partial charge in [0.1, 0.15) is 0 Å². The maximum absolute atomic E-state index is 12.4. The summed E-state index contributed by atoms with van der Waals surface area (Å²) in [6.07, 6.45) is 2.08. The lowest BCUT2D eigenvalue weighted by Gasteiger charge is -2.15. The minimum Gasteiger partial charge on any atom is -0.339 e. The molecule has 1 saturated heterocycles. The summed E-state index contributed by atoms with van der Waals surface area (Å²) in [6.45, 7) is 1.58. The molecule has 1 N–H and O–H groups in total. The molecule has 0 unspecified atom stereocenters. The smallest absolute Gasteiger partial charge is 0.255 e. The minimum absolute atomic E-state index is 0.0140. The van der Waals surface area contributed by atoms with Gasteiger partial charge < -0.3 is 10.2 Å². The van der Waals surface area contributed by atoms with Gasteiger partial charge in [0.2, 0.25) is 0 Å². The van der Waals surface area contributed by atoms with Gasteiger partial charge in [-0.2, -0.15) is 0 Å². The van der Waals surface area contributed by atoms with E-state index in [0.717, 1.165) is 25.9 Å². The van der Waals surface area contributed by atoms with Crippen LogP contribution in [0.1, 0.15) is 33.6 Å². The predicted molar refractivity (Wildman–Crippen MR) is 91.0 cm³/mol. The molecule has 1 heterocycles. The number of rotatable bonds is 3. The number of carbonyl (C=O) groups excluding carboxylic acids is 2. The molecule has 5 heteroatoms. The molecular formula is C18H17ClN2O2. The molecule has 0 atom stereocenters. The zero-order valence-corrected chi connectivity index (χ0v) is 13.3. The number of nitrogens with one attached hydrogen (secondary N) is 1. The van der Waals surface area contributed by atoms with Gasteiger partial charge in [0, 0.05) is 34.9 Å². The topological polar surface area (TPSA) is 49.4 Å². The second-order valence-electron chi connectivity index (χ2n) is 5.54. The van der Waals surface area contributed by atoms with Crippen molar-refractivity contribution in [2.75, 3.05) is 18.4 Å².